The maximum atomic E-state index is 13.6. The first kappa shape index (κ1) is 19.4. The Labute approximate surface area is 161 Å². The average Bonchev–Trinajstić information content (AvgIpc) is 2.64. The molecule has 0 bridgehead atoms. The van der Waals surface area contributed by atoms with E-state index in [1.807, 2.05) is 6.07 Å². The molecule has 0 radical (unpaired) electrons. The quantitative estimate of drug-likeness (QED) is 0.874. The molecule has 144 valence electrons. The zero-order valence-electron chi connectivity index (χ0n) is 16.3. The number of nitrogens with zero attached hydrogens (tertiary/aromatic N) is 2. The lowest BCUT2D eigenvalue weighted by Gasteiger charge is -2.43. The molecule has 1 N–H and O–H groups in total. The largest absolute Gasteiger partial charge is 0.371 e. The maximum absolute atomic E-state index is 13.6. The molecule has 0 unspecified atom stereocenters. The number of rotatable bonds is 5. The Balaban J connectivity index is 1.74. The summed E-state index contributed by atoms with van der Waals surface area (Å²) in [7, 11) is 3.55. The molecule has 1 saturated heterocycles. The van der Waals surface area contributed by atoms with Crippen LogP contribution in [0, 0.1) is 12.7 Å². The predicted molar refractivity (Wildman–Crippen MR) is 107 cm³/mol. The minimum absolute atomic E-state index is 0.0438. The highest BCUT2D eigenvalue weighted by atomic mass is 19.1. The number of likely N-dealkylation sites (N-methyl/N-ethyl adjacent to an activating group) is 1. The van der Waals surface area contributed by atoms with Crippen molar-refractivity contribution >= 4 is 11.6 Å². The second kappa shape index (κ2) is 8.09. The number of halogens is 1. The molecule has 0 aliphatic carbocycles. The second-order valence-electron chi connectivity index (χ2n) is 7.62. The zero-order valence-corrected chi connectivity index (χ0v) is 16.3. The molecule has 0 atom stereocenters. The van der Waals surface area contributed by atoms with Crippen LogP contribution in [-0.4, -0.2) is 48.4 Å². The molecule has 0 saturated carbocycles. The number of carbonyl (C=O) groups is 1. The normalized spacial score (nSPS) is 16.7. The lowest BCUT2D eigenvalue weighted by atomic mass is 9.85. The van der Waals surface area contributed by atoms with Crippen molar-refractivity contribution in [3.8, 4) is 0 Å². The van der Waals surface area contributed by atoms with E-state index in [-0.39, 0.29) is 11.7 Å². The molecule has 1 aliphatic rings. The van der Waals surface area contributed by atoms with E-state index in [0.717, 1.165) is 19.6 Å². The lowest BCUT2D eigenvalue weighted by Crippen LogP contribution is -2.57. The Bertz CT molecular complexity index is 798. The lowest BCUT2D eigenvalue weighted by molar-refractivity contribution is -0.135. The van der Waals surface area contributed by atoms with Crippen LogP contribution in [0.5, 0.6) is 0 Å². The molecule has 27 heavy (non-hydrogen) atoms. The Morgan fingerprint density at radius 3 is 2.48 bits per heavy atom. The first-order chi connectivity index (χ1) is 12.9. The number of aryl methyl sites for hydroxylation is 1. The Morgan fingerprint density at radius 2 is 1.85 bits per heavy atom. The fourth-order valence-corrected chi connectivity index (χ4v) is 3.78. The number of benzene rings is 2. The van der Waals surface area contributed by atoms with Crippen LogP contribution in [0.1, 0.15) is 24.0 Å². The number of anilines is 1. The van der Waals surface area contributed by atoms with Gasteiger partial charge < -0.3 is 10.2 Å². The van der Waals surface area contributed by atoms with E-state index in [2.05, 4.69) is 41.4 Å². The van der Waals surface area contributed by atoms with Crippen LogP contribution < -0.4 is 5.32 Å². The Kier molecular flexibility index (Phi) is 5.80. The molecule has 0 aromatic heterocycles. The number of hydrogen-bond donors (Lipinski definition) is 1. The summed E-state index contributed by atoms with van der Waals surface area (Å²) in [5.74, 6) is -0.258. The third kappa shape index (κ3) is 4.48. The van der Waals surface area contributed by atoms with E-state index >= 15 is 0 Å². The minimum atomic E-state index is -0.695. The number of amides is 1. The molecule has 1 fully saturated rings. The second-order valence-corrected chi connectivity index (χ2v) is 7.62. The van der Waals surface area contributed by atoms with Gasteiger partial charge in [0, 0.05) is 39.4 Å². The van der Waals surface area contributed by atoms with E-state index in [0.29, 0.717) is 18.5 Å². The maximum Gasteiger partial charge on any atom is 0.247 e. The van der Waals surface area contributed by atoms with Crippen molar-refractivity contribution in [3.63, 3.8) is 0 Å². The van der Waals surface area contributed by atoms with Crippen LogP contribution in [0.4, 0.5) is 10.1 Å². The molecule has 5 heteroatoms. The van der Waals surface area contributed by atoms with Crippen molar-refractivity contribution in [1.29, 1.82) is 0 Å². The molecular weight excluding hydrogens is 341 g/mol. The standard InChI is InChI=1S/C22H28FN3O/c1-17-7-4-5-8-18(17)16-26-13-11-22(12-14-26,21(27)25(2)3)24-20-10-6-9-19(23)15-20/h4-10,15,24H,11-14,16H2,1-3H3. The molecule has 2 aromatic carbocycles. The Morgan fingerprint density at radius 1 is 1.15 bits per heavy atom. The van der Waals surface area contributed by atoms with Crippen molar-refractivity contribution in [1.82, 2.24) is 9.80 Å². The average molecular weight is 369 g/mol. The van der Waals surface area contributed by atoms with Gasteiger partial charge in [0.2, 0.25) is 5.91 Å². The first-order valence-electron chi connectivity index (χ1n) is 9.42. The van der Waals surface area contributed by atoms with Gasteiger partial charge in [0.1, 0.15) is 11.4 Å². The van der Waals surface area contributed by atoms with Gasteiger partial charge in [-0.1, -0.05) is 30.3 Å². The summed E-state index contributed by atoms with van der Waals surface area (Å²) in [5.41, 5.74) is 2.57. The summed E-state index contributed by atoms with van der Waals surface area (Å²) < 4.78 is 13.6. The molecule has 2 aromatic rings. The van der Waals surface area contributed by atoms with Crippen molar-refractivity contribution in [2.45, 2.75) is 31.8 Å². The van der Waals surface area contributed by atoms with Gasteiger partial charge in [0.15, 0.2) is 0 Å². The van der Waals surface area contributed by atoms with Crippen molar-refractivity contribution in [2.75, 3.05) is 32.5 Å². The van der Waals surface area contributed by atoms with Gasteiger partial charge in [0.05, 0.1) is 0 Å². The third-order valence-corrected chi connectivity index (χ3v) is 5.39. The highest BCUT2D eigenvalue weighted by Gasteiger charge is 2.42. The number of carbonyl (C=O) groups excluding carboxylic acids is 1. The van der Waals surface area contributed by atoms with Gasteiger partial charge in [-0.05, 0) is 49.1 Å². The zero-order chi connectivity index (χ0) is 19.4. The van der Waals surface area contributed by atoms with Gasteiger partial charge in [-0.25, -0.2) is 4.39 Å². The molecule has 1 amide bonds. The monoisotopic (exact) mass is 369 g/mol. The van der Waals surface area contributed by atoms with Gasteiger partial charge >= 0.3 is 0 Å². The molecule has 1 heterocycles. The van der Waals surface area contributed by atoms with Crippen LogP contribution >= 0.6 is 0 Å². The van der Waals surface area contributed by atoms with Crippen LogP contribution in [0.15, 0.2) is 48.5 Å². The van der Waals surface area contributed by atoms with Gasteiger partial charge in [-0.3, -0.25) is 9.69 Å². The first-order valence-corrected chi connectivity index (χ1v) is 9.42. The summed E-state index contributed by atoms with van der Waals surface area (Å²) in [4.78, 5) is 17.0. The van der Waals surface area contributed by atoms with Gasteiger partial charge in [0.25, 0.3) is 0 Å². The summed E-state index contributed by atoms with van der Waals surface area (Å²) in [6.07, 6.45) is 1.37. The van der Waals surface area contributed by atoms with Gasteiger partial charge in [-0.2, -0.15) is 0 Å². The van der Waals surface area contributed by atoms with E-state index < -0.39 is 5.54 Å². The summed E-state index contributed by atoms with van der Waals surface area (Å²) in [5, 5.41) is 3.35. The van der Waals surface area contributed by atoms with Crippen molar-refractivity contribution < 1.29 is 9.18 Å². The van der Waals surface area contributed by atoms with E-state index in [9.17, 15) is 9.18 Å². The number of likely N-dealkylation sites (tertiary alicyclic amines) is 1. The molecule has 1 aliphatic heterocycles. The highest BCUT2D eigenvalue weighted by Crippen LogP contribution is 2.30. The third-order valence-electron chi connectivity index (χ3n) is 5.39. The topological polar surface area (TPSA) is 35.6 Å². The molecule has 3 rings (SSSR count). The molecule has 0 spiro atoms. The van der Waals surface area contributed by atoms with E-state index in [4.69, 9.17) is 0 Å². The molecular formula is C22H28FN3O. The van der Waals surface area contributed by atoms with Crippen LogP contribution in [0.2, 0.25) is 0 Å². The van der Waals surface area contributed by atoms with Crippen LogP contribution in [-0.2, 0) is 11.3 Å². The van der Waals surface area contributed by atoms with E-state index in [1.54, 1.807) is 25.1 Å². The number of piperidine rings is 1. The highest BCUT2D eigenvalue weighted by molar-refractivity contribution is 5.89. The van der Waals surface area contributed by atoms with Crippen LogP contribution in [0.25, 0.3) is 0 Å². The number of nitrogens with one attached hydrogen (secondary N) is 1. The van der Waals surface area contributed by atoms with Crippen molar-refractivity contribution in [2.24, 2.45) is 0 Å². The smallest absolute Gasteiger partial charge is 0.247 e. The summed E-state index contributed by atoms with van der Waals surface area (Å²) in [6, 6.07) is 14.8. The molecule has 4 nitrogen and oxygen atoms in total. The predicted octanol–water partition coefficient (Wildman–Crippen LogP) is 3.67. The van der Waals surface area contributed by atoms with Crippen molar-refractivity contribution in [3.05, 3.63) is 65.5 Å². The SMILES string of the molecule is Cc1ccccc1CN1CCC(Nc2cccc(F)c2)(C(=O)N(C)C)CC1. The van der Waals surface area contributed by atoms with E-state index in [1.165, 1.54) is 23.3 Å². The fraction of sp³-hybridized carbons (Fsp3) is 0.409. The van der Waals surface area contributed by atoms with Gasteiger partial charge in [-0.15, -0.1) is 0 Å². The number of hydrogen-bond acceptors (Lipinski definition) is 3. The summed E-state index contributed by atoms with van der Waals surface area (Å²) >= 11 is 0. The minimum Gasteiger partial charge on any atom is -0.371 e. The Hall–Kier alpha value is -2.40. The van der Waals surface area contributed by atoms with Crippen LogP contribution in [0.3, 0.4) is 0 Å². The summed E-state index contributed by atoms with van der Waals surface area (Å²) in [6.45, 7) is 4.65. The fourth-order valence-electron chi connectivity index (χ4n) is 3.78.